The fraction of sp³-hybridized carbons (Fsp3) is 1.00. The SMILES string of the molecule is CC1CCC(C)C2C1CC(C)C2O[Si](C)(C)C1C2CCCCC2C2CCCCC21. The minimum absolute atomic E-state index is 0.573. The minimum atomic E-state index is -1.72. The van der Waals surface area contributed by atoms with Gasteiger partial charge in [0.25, 0.3) is 0 Å². The van der Waals surface area contributed by atoms with E-state index in [9.17, 15) is 0 Å². The van der Waals surface area contributed by atoms with E-state index in [0.29, 0.717) is 6.10 Å². The maximum atomic E-state index is 7.52. The molecule has 0 heterocycles. The van der Waals surface area contributed by atoms with Crippen LogP contribution in [0.5, 0.6) is 0 Å². The van der Waals surface area contributed by atoms with E-state index in [-0.39, 0.29) is 0 Å². The first kappa shape index (κ1) is 21.0. The van der Waals surface area contributed by atoms with E-state index < -0.39 is 8.32 Å². The van der Waals surface area contributed by atoms with Gasteiger partial charge in [-0.1, -0.05) is 72.1 Å². The van der Waals surface area contributed by atoms with Gasteiger partial charge in [0.05, 0.1) is 6.10 Å². The normalized spacial score (nSPS) is 52.7. The molecule has 10 atom stereocenters. The van der Waals surface area contributed by atoms with Crippen LogP contribution in [0.1, 0.15) is 91.4 Å². The van der Waals surface area contributed by atoms with Crippen molar-refractivity contribution in [1.82, 2.24) is 0 Å². The van der Waals surface area contributed by atoms with Crippen molar-refractivity contribution < 1.29 is 4.43 Å². The average molecular weight is 417 g/mol. The molecule has 5 fully saturated rings. The van der Waals surface area contributed by atoms with Gasteiger partial charge in [-0.05, 0) is 91.2 Å². The van der Waals surface area contributed by atoms with Gasteiger partial charge in [-0.15, -0.1) is 0 Å². The van der Waals surface area contributed by atoms with Crippen LogP contribution in [0.25, 0.3) is 0 Å². The zero-order valence-corrected chi connectivity index (χ0v) is 21.0. The highest BCUT2D eigenvalue weighted by molar-refractivity contribution is 6.73. The van der Waals surface area contributed by atoms with Gasteiger partial charge in [0, 0.05) is 0 Å². The molecule has 5 rings (SSSR count). The molecule has 0 radical (unpaired) electrons. The summed E-state index contributed by atoms with van der Waals surface area (Å²) in [5.41, 5.74) is 0.959. The Bertz CT molecular complexity index is 565. The van der Waals surface area contributed by atoms with E-state index in [4.69, 9.17) is 4.43 Å². The molecule has 0 aromatic carbocycles. The van der Waals surface area contributed by atoms with E-state index in [2.05, 4.69) is 33.9 Å². The molecule has 0 spiro atoms. The second-order valence-electron chi connectivity index (χ2n) is 12.9. The van der Waals surface area contributed by atoms with Crippen LogP contribution in [-0.4, -0.2) is 14.4 Å². The third kappa shape index (κ3) is 3.51. The molecular formula is C27H48OSi. The summed E-state index contributed by atoms with van der Waals surface area (Å²) >= 11 is 0. The summed E-state index contributed by atoms with van der Waals surface area (Å²) in [7, 11) is -1.72. The lowest BCUT2D eigenvalue weighted by atomic mass is 9.69. The van der Waals surface area contributed by atoms with Crippen LogP contribution in [0.2, 0.25) is 18.6 Å². The first-order chi connectivity index (χ1) is 13.9. The van der Waals surface area contributed by atoms with Gasteiger partial charge in [0.15, 0.2) is 8.32 Å². The zero-order valence-electron chi connectivity index (χ0n) is 20.0. The van der Waals surface area contributed by atoms with Crippen molar-refractivity contribution in [3.05, 3.63) is 0 Å². The van der Waals surface area contributed by atoms with Crippen molar-refractivity contribution in [2.45, 2.75) is 116 Å². The molecule has 5 aliphatic carbocycles. The highest BCUT2D eigenvalue weighted by atomic mass is 28.4. The number of hydrogen-bond acceptors (Lipinski definition) is 1. The van der Waals surface area contributed by atoms with E-state index in [1.807, 2.05) is 0 Å². The smallest absolute Gasteiger partial charge is 0.190 e. The van der Waals surface area contributed by atoms with Gasteiger partial charge in [-0.25, -0.2) is 0 Å². The van der Waals surface area contributed by atoms with Crippen molar-refractivity contribution >= 4 is 8.32 Å². The van der Waals surface area contributed by atoms with Gasteiger partial charge in [0.1, 0.15) is 0 Å². The molecule has 5 saturated carbocycles. The quantitative estimate of drug-likeness (QED) is 0.425. The second-order valence-corrected chi connectivity index (χ2v) is 17.0. The Morgan fingerprint density at radius 2 is 1.10 bits per heavy atom. The summed E-state index contributed by atoms with van der Waals surface area (Å²) in [5.74, 6) is 8.56. The van der Waals surface area contributed by atoms with E-state index in [1.54, 1.807) is 12.8 Å². The number of fused-ring (bicyclic) bond motifs is 4. The predicted octanol–water partition coefficient (Wildman–Crippen LogP) is 7.91. The topological polar surface area (TPSA) is 9.23 Å². The molecule has 0 amide bonds. The monoisotopic (exact) mass is 416 g/mol. The minimum Gasteiger partial charge on any atom is -0.414 e. The predicted molar refractivity (Wildman–Crippen MR) is 125 cm³/mol. The average Bonchev–Trinajstić information content (AvgIpc) is 3.21. The lowest BCUT2D eigenvalue weighted by Crippen LogP contribution is -2.48. The molecule has 0 aromatic rings. The summed E-state index contributed by atoms with van der Waals surface area (Å²) in [6.07, 6.45) is 17.1. The highest BCUT2D eigenvalue weighted by Gasteiger charge is 2.59. The fourth-order valence-corrected chi connectivity index (χ4v) is 14.1. The Kier molecular flexibility index (Phi) is 5.77. The summed E-state index contributed by atoms with van der Waals surface area (Å²) in [6, 6.07) is 0. The molecule has 1 nitrogen and oxygen atoms in total. The van der Waals surface area contributed by atoms with E-state index in [1.165, 1.54) is 57.8 Å². The summed E-state index contributed by atoms with van der Waals surface area (Å²) in [6.45, 7) is 13.0. The van der Waals surface area contributed by atoms with E-state index >= 15 is 0 Å². The molecule has 5 aliphatic rings. The van der Waals surface area contributed by atoms with Crippen LogP contribution < -0.4 is 0 Å². The Morgan fingerprint density at radius 3 is 1.69 bits per heavy atom. The molecule has 166 valence electrons. The lowest BCUT2D eigenvalue weighted by molar-refractivity contribution is 0.0343. The van der Waals surface area contributed by atoms with Crippen LogP contribution >= 0.6 is 0 Å². The number of rotatable bonds is 3. The van der Waals surface area contributed by atoms with Crippen LogP contribution in [0.15, 0.2) is 0 Å². The van der Waals surface area contributed by atoms with E-state index in [0.717, 1.165) is 58.8 Å². The van der Waals surface area contributed by atoms with Crippen LogP contribution in [-0.2, 0) is 4.43 Å². The Balaban J connectivity index is 1.40. The van der Waals surface area contributed by atoms with Gasteiger partial charge >= 0.3 is 0 Å². The molecule has 2 heteroatoms. The standard InChI is InChI=1S/C27H48OSi/c1-17-14-15-18(2)25-24(17)16-19(3)26(25)28-29(4,5)27-22-12-8-6-10-20(22)21-11-7-9-13-23(21)27/h17-27H,6-16H2,1-5H3. The second kappa shape index (κ2) is 7.95. The zero-order chi connectivity index (χ0) is 20.3. The molecule has 0 saturated heterocycles. The van der Waals surface area contributed by atoms with Crippen LogP contribution in [0.4, 0.5) is 0 Å². The summed E-state index contributed by atoms with van der Waals surface area (Å²) < 4.78 is 7.52. The van der Waals surface area contributed by atoms with Crippen molar-refractivity contribution in [2.75, 3.05) is 0 Å². The highest BCUT2D eigenvalue weighted by Crippen LogP contribution is 2.63. The maximum Gasteiger partial charge on any atom is 0.190 e. The lowest BCUT2D eigenvalue weighted by Gasteiger charge is -2.45. The van der Waals surface area contributed by atoms with Gasteiger partial charge in [0.2, 0.25) is 0 Å². The van der Waals surface area contributed by atoms with Crippen LogP contribution in [0.3, 0.4) is 0 Å². The molecule has 0 aliphatic heterocycles. The van der Waals surface area contributed by atoms with Crippen LogP contribution in [0, 0.1) is 53.3 Å². The number of hydrogen-bond donors (Lipinski definition) is 0. The Labute approximate surface area is 182 Å². The van der Waals surface area contributed by atoms with Gasteiger partial charge < -0.3 is 4.43 Å². The molecule has 10 unspecified atom stereocenters. The Morgan fingerprint density at radius 1 is 0.586 bits per heavy atom. The summed E-state index contributed by atoms with van der Waals surface area (Å²) in [4.78, 5) is 0. The molecule has 0 aromatic heterocycles. The Hall–Kier alpha value is 0.177. The molecular weight excluding hydrogens is 368 g/mol. The molecule has 0 N–H and O–H groups in total. The third-order valence-corrected chi connectivity index (χ3v) is 14.4. The van der Waals surface area contributed by atoms with Gasteiger partial charge in [-0.2, -0.15) is 0 Å². The largest absolute Gasteiger partial charge is 0.414 e. The fourth-order valence-electron chi connectivity index (χ4n) is 9.94. The van der Waals surface area contributed by atoms with Crippen molar-refractivity contribution in [2.24, 2.45) is 53.3 Å². The molecule has 0 bridgehead atoms. The van der Waals surface area contributed by atoms with Gasteiger partial charge in [-0.3, -0.25) is 0 Å². The van der Waals surface area contributed by atoms with Crippen molar-refractivity contribution in [3.8, 4) is 0 Å². The first-order valence-corrected chi connectivity index (χ1v) is 16.5. The van der Waals surface area contributed by atoms with Crippen molar-refractivity contribution in [3.63, 3.8) is 0 Å². The third-order valence-electron chi connectivity index (χ3n) is 11.0. The molecule has 29 heavy (non-hydrogen) atoms. The maximum absolute atomic E-state index is 7.52. The first-order valence-electron chi connectivity index (χ1n) is 13.6. The van der Waals surface area contributed by atoms with Crippen molar-refractivity contribution in [1.29, 1.82) is 0 Å². The summed E-state index contributed by atoms with van der Waals surface area (Å²) in [5, 5.41) is 0.